The van der Waals surface area contributed by atoms with Crippen molar-refractivity contribution in [1.82, 2.24) is 9.88 Å². The number of aryl methyl sites for hydroxylation is 1. The van der Waals surface area contributed by atoms with Gasteiger partial charge in [0.25, 0.3) is 0 Å². The molecule has 1 fully saturated rings. The Morgan fingerprint density at radius 1 is 0.906 bits per heavy atom. The Morgan fingerprint density at radius 2 is 1.69 bits per heavy atom. The fraction of sp³-hybridized carbons (Fsp3) is 0.621. The molecule has 0 unspecified atom stereocenters. The predicted octanol–water partition coefficient (Wildman–Crippen LogP) is 6.85. The van der Waals surface area contributed by atoms with Crippen molar-refractivity contribution in [2.45, 2.75) is 84.0 Å². The summed E-state index contributed by atoms with van der Waals surface area (Å²) in [5, 5.41) is 0. The van der Waals surface area contributed by atoms with Crippen LogP contribution in [0.1, 0.15) is 83.3 Å². The molecule has 2 heterocycles. The van der Waals surface area contributed by atoms with Gasteiger partial charge in [0.15, 0.2) is 0 Å². The first kappa shape index (κ1) is 23.3. The molecule has 1 aromatic heterocycles. The summed E-state index contributed by atoms with van der Waals surface area (Å²) >= 11 is 0. The van der Waals surface area contributed by atoms with Gasteiger partial charge in [-0.15, -0.1) is 0 Å². The average Bonchev–Trinajstić information content (AvgIpc) is 2.81. The van der Waals surface area contributed by atoms with E-state index in [4.69, 9.17) is 4.98 Å². The zero-order valence-electron chi connectivity index (χ0n) is 20.7. The van der Waals surface area contributed by atoms with Gasteiger partial charge in [0.2, 0.25) is 0 Å². The number of unbranched alkanes of at least 4 members (excludes halogenated alkanes) is 5. The monoisotopic (exact) mass is 433 g/mol. The van der Waals surface area contributed by atoms with Crippen molar-refractivity contribution < 1.29 is 0 Å². The number of fused-ring (bicyclic) bond motifs is 1. The van der Waals surface area contributed by atoms with E-state index in [0.717, 1.165) is 37.7 Å². The zero-order valence-corrected chi connectivity index (χ0v) is 20.7. The standard InChI is InChI=1S/C29H43N3/c1-4-5-6-7-8-9-18-31-19-21-32(22-20-31)28-14-10-13-27(30-28)25-15-16-26-24(23-25)12-11-17-29(26,2)3/h10,13-16,23H,4-9,11-12,17-22H2,1-3H3. The lowest BCUT2D eigenvalue weighted by Gasteiger charge is -2.35. The van der Waals surface area contributed by atoms with Gasteiger partial charge in [-0.2, -0.15) is 0 Å². The second kappa shape index (κ2) is 10.8. The van der Waals surface area contributed by atoms with Gasteiger partial charge in [0, 0.05) is 31.7 Å². The van der Waals surface area contributed by atoms with Crippen LogP contribution < -0.4 is 4.90 Å². The van der Waals surface area contributed by atoms with Crippen molar-refractivity contribution in [3.63, 3.8) is 0 Å². The van der Waals surface area contributed by atoms with Crippen molar-refractivity contribution in [2.75, 3.05) is 37.6 Å². The van der Waals surface area contributed by atoms with Crippen LogP contribution in [0.2, 0.25) is 0 Å². The maximum atomic E-state index is 5.09. The van der Waals surface area contributed by atoms with Crippen molar-refractivity contribution in [3.8, 4) is 11.3 Å². The highest BCUT2D eigenvalue weighted by Crippen LogP contribution is 2.38. The molecule has 0 radical (unpaired) electrons. The molecule has 3 heteroatoms. The van der Waals surface area contributed by atoms with Gasteiger partial charge in [-0.05, 0) is 67.0 Å². The molecule has 1 aliphatic carbocycles. The quantitative estimate of drug-likeness (QED) is 0.403. The van der Waals surface area contributed by atoms with Crippen LogP contribution in [0.5, 0.6) is 0 Å². The van der Waals surface area contributed by atoms with E-state index in [2.05, 4.69) is 67.0 Å². The van der Waals surface area contributed by atoms with E-state index in [1.54, 1.807) is 0 Å². The number of pyridine rings is 1. The van der Waals surface area contributed by atoms with E-state index in [-0.39, 0.29) is 0 Å². The molecule has 1 saturated heterocycles. The van der Waals surface area contributed by atoms with Gasteiger partial charge in [-0.3, -0.25) is 4.90 Å². The smallest absolute Gasteiger partial charge is 0.129 e. The lowest BCUT2D eigenvalue weighted by atomic mass is 9.72. The minimum absolute atomic E-state index is 0.302. The van der Waals surface area contributed by atoms with E-state index in [1.807, 2.05) is 0 Å². The Bertz CT molecular complexity index is 864. The first-order chi connectivity index (χ1) is 15.6. The van der Waals surface area contributed by atoms with Gasteiger partial charge in [0.05, 0.1) is 5.69 Å². The number of piperazine rings is 1. The summed E-state index contributed by atoms with van der Waals surface area (Å²) in [6.45, 7) is 12.8. The Hall–Kier alpha value is -1.87. The number of rotatable bonds is 9. The van der Waals surface area contributed by atoms with Gasteiger partial charge in [-0.25, -0.2) is 4.98 Å². The third kappa shape index (κ3) is 5.73. The second-order valence-electron chi connectivity index (χ2n) is 10.6. The van der Waals surface area contributed by atoms with E-state index in [9.17, 15) is 0 Å². The number of anilines is 1. The molecule has 0 spiro atoms. The third-order valence-corrected chi connectivity index (χ3v) is 7.64. The molecule has 0 atom stereocenters. The Labute approximate surface area is 196 Å². The van der Waals surface area contributed by atoms with Gasteiger partial charge >= 0.3 is 0 Å². The van der Waals surface area contributed by atoms with Crippen LogP contribution in [0, 0.1) is 0 Å². The fourth-order valence-electron chi connectivity index (χ4n) is 5.55. The van der Waals surface area contributed by atoms with Crippen LogP contribution in [0.25, 0.3) is 11.3 Å². The number of hydrogen-bond donors (Lipinski definition) is 0. The van der Waals surface area contributed by atoms with Crippen LogP contribution in [0.4, 0.5) is 5.82 Å². The summed E-state index contributed by atoms with van der Waals surface area (Å²) in [4.78, 5) is 10.2. The third-order valence-electron chi connectivity index (χ3n) is 7.64. The molecule has 174 valence electrons. The molecule has 1 aromatic carbocycles. The van der Waals surface area contributed by atoms with E-state index in [0.29, 0.717) is 5.41 Å². The molecular weight excluding hydrogens is 390 g/mol. The van der Waals surface area contributed by atoms with Crippen LogP contribution in [-0.4, -0.2) is 42.6 Å². The lowest BCUT2D eigenvalue weighted by molar-refractivity contribution is 0.251. The van der Waals surface area contributed by atoms with Gasteiger partial charge < -0.3 is 4.90 Å². The highest BCUT2D eigenvalue weighted by molar-refractivity contribution is 5.64. The minimum atomic E-state index is 0.302. The van der Waals surface area contributed by atoms with E-state index < -0.39 is 0 Å². The van der Waals surface area contributed by atoms with Crippen molar-refractivity contribution >= 4 is 5.82 Å². The van der Waals surface area contributed by atoms with Crippen molar-refractivity contribution in [2.24, 2.45) is 0 Å². The van der Waals surface area contributed by atoms with Gasteiger partial charge in [-0.1, -0.05) is 71.1 Å². The van der Waals surface area contributed by atoms with E-state index in [1.165, 1.54) is 81.0 Å². The Kier molecular flexibility index (Phi) is 7.88. The van der Waals surface area contributed by atoms with E-state index >= 15 is 0 Å². The molecule has 1 aliphatic heterocycles. The summed E-state index contributed by atoms with van der Waals surface area (Å²) in [6, 6.07) is 13.6. The molecule has 32 heavy (non-hydrogen) atoms. The number of benzene rings is 1. The number of nitrogens with zero attached hydrogens (tertiary/aromatic N) is 3. The normalized spacial score (nSPS) is 18.5. The minimum Gasteiger partial charge on any atom is -0.354 e. The highest BCUT2D eigenvalue weighted by Gasteiger charge is 2.27. The topological polar surface area (TPSA) is 19.4 Å². The maximum Gasteiger partial charge on any atom is 0.129 e. The highest BCUT2D eigenvalue weighted by atomic mass is 15.3. The zero-order chi connectivity index (χ0) is 22.4. The summed E-state index contributed by atoms with van der Waals surface area (Å²) in [7, 11) is 0. The predicted molar refractivity (Wildman–Crippen MR) is 138 cm³/mol. The fourth-order valence-corrected chi connectivity index (χ4v) is 5.55. The molecule has 0 bridgehead atoms. The molecule has 0 saturated carbocycles. The average molecular weight is 434 g/mol. The van der Waals surface area contributed by atoms with Crippen molar-refractivity contribution in [1.29, 1.82) is 0 Å². The van der Waals surface area contributed by atoms with Crippen LogP contribution >= 0.6 is 0 Å². The summed E-state index contributed by atoms with van der Waals surface area (Å²) < 4.78 is 0. The van der Waals surface area contributed by atoms with Gasteiger partial charge in [0.1, 0.15) is 5.82 Å². The molecule has 0 amide bonds. The summed E-state index contributed by atoms with van der Waals surface area (Å²) in [5.74, 6) is 1.14. The first-order valence-electron chi connectivity index (χ1n) is 13.1. The molecule has 0 N–H and O–H groups in total. The SMILES string of the molecule is CCCCCCCCN1CCN(c2cccc(-c3ccc4c(c3)CCCC4(C)C)n2)CC1. The van der Waals surface area contributed by atoms with Crippen LogP contribution in [0.15, 0.2) is 36.4 Å². The van der Waals surface area contributed by atoms with Crippen molar-refractivity contribution in [3.05, 3.63) is 47.5 Å². The molecule has 2 aliphatic rings. The lowest BCUT2D eigenvalue weighted by Crippen LogP contribution is -2.46. The Balaban J connectivity index is 1.33. The summed E-state index contributed by atoms with van der Waals surface area (Å²) in [5.41, 5.74) is 5.74. The Morgan fingerprint density at radius 3 is 2.50 bits per heavy atom. The summed E-state index contributed by atoms with van der Waals surface area (Å²) in [6.07, 6.45) is 12.1. The molecular formula is C29H43N3. The molecule has 3 nitrogen and oxygen atoms in total. The number of aromatic nitrogens is 1. The first-order valence-corrected chi connectivity index (χ1v) is 13.1. The second-order valence-corrected chi connectivity index (χ2v) is 10.6. The largest absolute Gasteiger partial charge is 0.354 e. The maximum absolute atomic E-state index is 5.09. The number of hydrogen-bond acceptors (Lipinski definition) is 3. The van der Waals surface area contributed by atoms with Crippen LogP contribution in [-0.2, 0) is 11.8 Å². The molecule has 2 aromatic rings. The molecule has 4 rings (SSSR count). The van der Waals surface area contributed by atoms with Crippen LogP contribution in [0.3, 0.4) is 0 Å².